The highest BCUT2D eigenvalue weighted by atomic mass is 16.4. The molecule has 0 aliphatic carbocycles. The van der Waals surface area contributed by atoms with Crippen LogP contribution in [-0.2, 0) is 0 Å². The van der Waals surface area contributed by atoms with Crippen LogP contribution in [0.5, 0.6) is 0 Å². The molecule has 1 aliphatic heterocycles. The van der Waals surface area contributed by atoms with Crippen molar-refractivity contribution in [2.75, 3.05) is 25.0 Å². The Morgan fingerprint density at radius 3 is 2.33 bits per heavy atom. The summed E-state index contributed by atoms with van der Waals surface area (Å²) in [5, 5.41) is 18.8. The minimum Gasteiger partial charge on any atom is -0.478 e. The molecule has 8 nitrogen and oxygen atoms in total. The van der Waals surface area contributed by atoms with E-state index >= 15 is 0 Å². The monoisotopic (exact) mass is 484 g/mol. The fourth-order valence-electron chi connectivity index (χ4n) is 3.91. The molecule has 1 aliphatic rings. The topological polar surface area (TPSA) is 120 Å². The minimum atomic E-state index is -1.18. The van der Waals surface area contributed by atoms with E-state index in [4.69, 9.17) is 0 Å². The molecular weight excluding hydrogens is 456 g/mol. The van der Waals surface area contributed by atoms with Crippen molar-refractivity contribution in [3.05, 3.63) is 89.0 Å². The zero-order chi connectivity index (χ0) is 25.7. The summed E-state index contributed by atoms with van der Waals surface area (Å²) >= 11 is 0. The number of aromatic carboxylic acids is 1. The number of amides is 2. The van der Waals surface area contributed by atoms with E-state index < -0.39 is 5.97 Å². The van der Waals surface area contributed by atoms with Crippen molar-refractivity contribution in [2.45, 2.75) is 13.8 Å². The molecule has 0 aromatic heterocycles. The molecule has 0 fully saturated rings. The Kier molecular flexibility index (Phi) is 7.44. The van der Waals surface area contributed by atoms with Crippen LogP contribution in [0.3, 0.4) is 0 Å². The molecule has 2 amide bonds. The maximum atomic E-state index is 13.2. The number of carboxylic acids is 1. The molecular formula is C28H28N4O4. The van der Waals surface area contributed by atoms with Crippen molar-refractivity contribution < 1.29 is 19.5 Å². The summed E-state index contributed by atoms with van der Waals surface area (Å²) in [6, 6.07) is 18.7. The summed E-state index contributed by atoms with van der Waals surface area (Å²) < 4.78 is 0. The van der Waals surface area contributed by atoms with Crippen LogP contribution in [0.25, 0.3) is 11.1 Å². The molecule has 0 bridgehead atoms. The largest absolute Gasteiger partial charge is 0.478 e. The van der Waals surface area contributed by atoms with E-state index in [0.717, 1.165) is 24.5 Å². The summed E-state index contributed by atoms with van der Waals surface area (Å²) in [6.07, 6.45) is 0. The number of carbonyl (C=O) groups excluding carboxylic acids is 2. The van der Waals surface area contributed by atoms with Gasteiger partial charge < -0.3 is 21.1 Å². The fourth-order valence-corrected chi connectivity index (χ4v) is 3.91. The van der Waals surface area contributed by atoms with Crippen molar-refractivity contribution in [1.82, 2.24) is 10.6 Å². The molecule has 3 aromatic carbocycles. The SMILES string of the molecule is CC(C)CNC(=O)c1ccc(-c2ccccc2C(=O)Nc2ccc(C3=NCCN3)cc2)c(C(=O)O)c1. The predicted molar refractivity (Wildman–Crippen MR) is 140 cm³/mol. The van der Waals surface area contributed by atoms with Crippen LogP contribution in [0.15, 0.2) is 71.7 Å². The molecule has 0 unspecified atom stereocenters. The first kappa shape index (κ1) is 24.7. The normalized spacial score (nSPS) is 12.6. The number of nitrogens with one attached hydrogen (secondary N) is 3. The number of rotatable bonds is 8. The van der Waals surface area contributed by atoms with Crippen LogP contribution in [-0.4, -0.2) is 48.4 Å². The lowest BCUT2D eigenvalue weighted by Crippen LogP contribution is -2.27. The second kappa shape index (κ2) is 10.9. The van der Waals surface area contributed by atoms with Crippen LogP contribution >= 0.6 is 0 Å². The third kappa shape index (κ3) is 5.60. The van der Waals surface area contributed by atoms with Crippen molar-refractivity contribution >= 4 is 29.3 Å². The number of hydrogen-bond acceptors (Lipinski definition) is 5. The highest BCUT2D eigenvalue weighted by Crippen LogP contribution is 2.29. The van der Waals surface area contributed by atoms with Crippen molar-refractivity contribution in [3.63, 3.8) is 0 Å². The Morgan fingerprint density at radius 1 is 0.944 bits per heavy atom. The summed E-state index contributed by atoms with van der Waals surface area (Å²) in [5.41, 5.74) is 2.88. The van der Waals surface area contributed by atoms with Gasteiger partial charge in [-0.2, -0.15) is 0 Å². The number of hydrogen-bond donors (Lipinski definition) is 4. The zero-order valence-electron chi connectivity index (χ0n) is 20.2. The van der Waals surface area contributed by atoms with Gasteiger partial charge in [-0.1, -0.05) is 38.1 Å². The Morgan fingerprint density at radius 2 is 1.67 bits per heavy atom. The number of carboxylic acid groups (broad SMARTS) is 1. The highest BCUT2D eigenvalue weighted by molar-refractivity contribution is 6.11. The van der Waals surface area contributed by atoms with Gasteiger partial charge in [0.1, 0.15) is 5.84 Å². The van der Waals surface area contributed by atoms with Gasteiger partial charge >= 0.3 is 5.97 Å². The average Bonchev–Trinajstić information content (AvgIpc) is 3.42. The highest BCUT2D eigenvalue weighted by Gasteiger charge is 2.20. The lowest BCUT2D eigenvalue weighted by molar-refractivity contribution is 0.0697. The first-order valence-corrected chi connectivity index (χ1v) is 11.8. The molecule has 8 heteroatoms. The second-order valence-electron chi connectivity index (χ2n) is 8.90. The van der Waals surface area contributed by atoms with E-state index in [2.05, 4.69) is 20.9 Å². The van der Waals surface area contributed by atoms with Crippen molar-refractivity contribution in [3.8, 4) is 11.1 Å². The van der Waals surface area contributed by atoms with Crippen LogP contribution in [0.4, 0.5) is 5.69 Å². The lowest BCUT2D eigenvalue weighted by Gasteiger charge is -2.14. The van der Waals surface area contributed by atoms with Crippen molar-refractivity contribution in [1.29, 1.82) is 0 Å². The third-order valence-electron chi connectivity index (χ3n) is 5.74. The van der Waals surface area contributed by atoms with Gasteiger partial charge in [-0.05, 0) is 59.5 Å². The van der Waals surface area contributed by atoms with E-state index in [1.807, 2.05) is 26.0 Å². The second-order valence-corrected chi connectivity index (χ2v) is 8.90. The van der Waals surface area contributed by atoms with Crippen LogP contribution < -0.4 is 16.0 Å². The third-order valence-corrected chi connectivity index (χ3v) is 5.74. The minimum absolute atomic E-state index is 0.0540. The van der Waals surface area contributed by atoms with Crippen molar-refractivity contribution in [2.24, 2.45) is 10.9 Å². The van der Waals surface area contributed by atoms with E-state index in [-0.39, 0.29) is 28.9 Å². The number of carbonyl (C=O) groups is 3. The summed E-state index contributed by atoms with van der Waals surface area (Å²) in [6.45, 7) is 5.99. The first-order valence-electron chi connectivity index (χ1n) is 11.8. The molecule has 0 radical (unpaired) electrons. The number of anilines is 1. The standard InChI is InChI=1S/C28H28N4O4/c1-17(2)16-31-26(33)19-9-12-22(24(15-19)28(35)36)21-5-3-4-6-23(21)27(34)32-20-10-7-18(8-11-20)25-29-13-14-30-25/h3-12,15,17H,13-14,16H2,1-2H3,(H,29,30)(H,31,33)(H,32,34)(H,35,36). The van der Waals surface area contributed by atoms with Gasteiger partial charge in [-0.25, -0.2) is 4.79 Å². The molecule has 36 heavy (non-hydrogen) atoms. The van der Waals surface area contributed by atoms with Gasteiger partial charge in [0.05, 0.1) is 12.1 Å². The Balaban J connectivity index is 1.60. The van der Waals surface area contributed by atoms with E-state index in [0.29, 0.717) is 28.9 Å². The average molecular weight is 485 g/mol. The van der Waals surface area contributed by atoms with Gasteiger partial charge in [0.25, 0.3) is 11.8 Å². The summed E-state index contributed by atoms with van der Waals surface area (Å²) in [7, 11) is 0. The maximum Gasteiger partial charge on any atom is 0.336 e. The molecule has 0 atom stereocenters. The van der Waals surface area contributed by atoms with Crippen LogP contribution in [0, 0.1) is 5.92 Å². The summed E-state index contributed by atoms with van der Waals surface area (Å²) in [5.74, 6) is -0.795. The van der Waals surface area contributed by atoms with E-state index in [9.17, 15) is 19.5 Å². The van der Waals surface area contributed by atoms with Crippen LogP contribution in [0.2, 0.25) is 0 Å². The number of nitrogens with zero attached hydrogens (tertiary/aromatic N) is 1. The predicted octanol–water partition coefficient (Wildman–Crippen LogP) is 4.04. The maximum absolute atomic E-state index is 13.2. The Bertz CT molecular complexity index is 1330. The Hall–Kier alpha value is -4.46. The van der Waals surface area contributed by atoms with E-state index in [1.54, 1.807) is 48.5 Å². The van der Waals surface area contributed by atoms with Gasteiger partial charge in [-0.3, -0.25) is 14.6 Å². The quantitative estimate of drug-likeness (QED) is 0.385. The first-order chi connectivity index (χ1) is 17.3. The lowest BCUT2D eigenvalue weighted by atomic mass is 9.93. The van der Waals surface area contributed by atoms with Gasteiger partial charge in [0, 0.05) is 35.5 Å². The molecule has 4 rings (SSSR count). The molecule has 0 saturated carbocycles. The molecule has 4 N–H and O–H groups in total. The number of benzene rings is 3. The Labute approximate surface area is 209 Å². The van der Waals surface area contributed by atoms with E-state index in [1.165, 1.54) is 6.07 Å². The molecule has 0 saturated heterocycles. The van der Waals surface area contributed by atoms with Gasteiger partial charge in [0.15, 0.2) is 0 Å². The molecule has 184 valence electrons. The number of aliphatic imine (C=N–C) groups is 1. The molecule has 1 heterocycles. The fraction of sp³-hybridized carbons (Fsp3) is 0.214. The molecule has 0 spiro atoms. The van der Waals surface area contributed by atoms with Gasteiger partial charge in [0.2, 0.25) is 0 Å². The van der Waals surface area contributed by atoms with Gasteiger partial charge in [-0.15, -0.1) is 0 Å². The summed E-state index contributed by atoms with van der Waals surface area (Å²) in [4.78, 5) is 42.2. The smallest absolute Gasteiger partial charge is 0.336 e. The number of amidine groups is 1. The zero-order valence-corrected chi connectivity index (χ0v) is 20.2. The molecule has 3 aromatic rings. The van der Waals surface area contributed by atoms with Crippen LogP contribution in [0.1, 0.15) is 50.5 Å².